The molecule has 0 fully saturated rings. The highest BCUT2D eigenvalue weighted by molar-refractivity contribution is 9.10. The lowest BCUT2D eigenvalue weighted by atomic mass is 10.3. The lowest BCUT2D eigenvalue weighted by Crippen LogP contribution is -2.11. The van der Waals surface area contributed by atoms with Crippen molar-refractivity contribution in [2.45, 2.75) is 4.90 Å². The van der Waals surface area contributed by atoms with Gasteiger partial charge in [-0.2, -0.15) is 0 Å². The first-order valence-corrected chi connectivity index (χ1v) is 7.14. The number of rotatable bonds is 3. The maximum atomic E-state index is 12.0. The first-order valence-electron chi connectivity index (χ1n) is 5.02. The number of thiophene rings is 1. The Morgan fingerprint density at radius 1 is 1.44 bits per heavy atom. The molecule has 6 heteroatoms. The fourth-order valence-corrected chi connectivity index (χ4v) is 2.81. The molecule has 0 aliphatic heterocycles. The van der Waals surface area contributed by atoms with Crippen molar-refractivity contribution in [3.63, 3.8) is 0 Å². The van der Waals surface area contributed by atoms with Gasteiger partial charge in [0.25, 0.3) is 5.91 Å². The molecular formula is C12H10BrNO2S2. The Morgan fingerprint density at radius 2 is 2.22 bits per heavy atom. The molecule has 1 heterocycles. The van der Waals surface area contributed by atoms with Crippen LogP contribution in [0.2, 0.25) is 0 Å². The van der Waals surface area contributed by atoms with E-state index in [1.54, 1.807) is 25.3 Å². The fourth-order valence-electron chi connectivity index (χ4n) is 1.41. The van der Waals surface area contributed by atoms with Gasteiger partial charge in [0.05, 0.1) is 17.7 Å². The number of carbonyl (C=O) groups excluding carboxylic acids is 1. The molecule has 0 unspecified atom stereocenters. The Morgan fingerprint density at radius 3 is 2.83 bits per heavy atom. The van der Waals surface area contributed by atoms with Crippen LogP contribution < -0.4 is 10.1 Å². The molecule has 1 amide bonds. The van der Waals surface area contributed by atoms with Gasteiger partial charge in [-0.05, 0) is 24.3 Å². The average molecular weight is 344 g/mol. The van der Waals surface area contributed by atoms with Gasteiger partial charge >= 0.3 is 0 Å². The highest BCUT2D eigenvalue weighted by atomic mass is 79.9. The largest absolute Gasteiger partial charge is 0.495 e. The van der Waals surface area contributed by atoms with Crippen molar-refractivity contribution in [1.82, 2.24) is 0 Å². The van der Waals surface area contributed by atoms with E-state index in [2.05, 4.69) is 33.9 Å². The second-order valence-corrected chi connectivity index (χ2v) is 5.81. The smallest absolute Gasteiger partial charge is 0.265 e. The Labute approximate surface area is 123 Å². The second kappa shape index (κ2) is 5.77. The predicted octanol–water partition coefficient (Wildman–Crippen LogP) is 4.06. The molecule has 0 aliphatic rings. The number of anilines is 1. The van der Waals surface area contributed by atoms with Crippen LogP contribution in [-0.4, -0.2) is 13.0 Å². The summed E-state index contributed by atoms with van der Waals surface area (Å²) < 4.78 is 6.07. The first kappa shape index (κ1) is 13.5. The minimum atomic E-state index is -0.170. The van der Waals surface area contributed by atoms with Gasteiger partial charge in [-0.15, -0.1) is 24.0 Å². The van der Waals surface area contributed by atoms with Crippen LogP contribution in [0.15, 0.2) is 39.0 Å². The minimum absolute atomic E-state index is 0.170. The topological polar surface area (TPSA) is 38.3 Å². The van der Waals surface area contributed by atoms with Crippen molar-refractivity contribution in [2.24, 2.45) is 0 Å². The van der Waals surface area contributed by atoms with Gasteiger partial charge < -0.3 is 10.1 Å². The highest BCUT2D eigenvalue weighted by Gasteiger charge is 2.11. The van der Waals surface area contributed by atoms with Crippen LogP contribution >= 0.6 is 39.9 Å². The quantitative estimate of drug-likeness (QED) is 0.824. The van der Waals surface area contributed by atoms with E-state index < -0.39 is 0 Å². The fraction of sp³-hybridized carbons (Fsp3) is 0.0833. The van der Waals surface area contributed by atoms with E-state index in [1.807, 2.05) is 11.4 Å². The summed E-state index contributed by atoms with van der Waals surface area (Å²) in [6, 6.07) is 7.17. The lowest BCUT2D eigenvalue weighted by molar-refractivity contribution is 0.103. The summed E-state index contributed by atoms with van der Waals surface area (Å²) in [5.74, 6) is 0.450. The van der Waals surface area contributed by atoms with Crippen LogP contribution in [0.4, 0.5) is 5.69 Å². The van der Waals surface area contributed by atoms with E-state index in [9.17, 15) is 4.79 Å². The van der Waals surface area contributed by atoms with Crippen LogP contribution in [0.25, 0.3) is 0 Å². The van der Waals surface area contributed by atoms with Gasteiger partial charge in [0.1, 0.15) is 5.75 Å². The Kier molecular flexibility index (Phi) is 4.31. The molecule has 2 aromatic rings. The van der Waals surface area contributed by atoms with E-state index in [1.165, 1.54) is 11.3 Å². The maximum Gasteiger partial charge on any atom is 0.265 e. The lowest BCUT2D eigenvalue weighted by Gasteiger charge is -2.09. The zero-order valence-electron chi connectivity index (χ0n) is 9.44. The molecule has 1 N–H and O–H groups in total. The molecule has 0 saturated carbocycles. The van der Waals surface area contributed by atoms with Gasteiger partial charge in [0.15, 0.2) is 0 Å². The molecule has 0 aliphatic carbocycles. The zero-order valence-corrected chi connectivity index (χ0v) is 12.7. The number of hydrogen-bond donors (Lipinski definition) is 2. The van der Waals surface area contributed by atoms with Crippen molar-refractivity contribution in [1.29, 1.82) is 0 Å². The van der Waals surface area contributed by atoms with E-state index in [0.717, 1.165) is 9.37 Å². The van der Waals surface area contributed by atoms with E-state index >= 15 is 0 Å². The number of amides is 1. The molecule has 0 saturated heterocycles. The highest BCUT2D eigenvalue weighted by Crippen LogP contribution is 2.29. The van der Waals surface area contributed by atoms with E-state index in [4.69, 9.17) is 4.74 Å². The number of nitrogens with one attached hydrogen (secondary N) is 1. The van der Waals surface area contributed by atoms with Crippen LogP contribution in [-0.2, 0) is 0 Å². The summed E-state index contributed by atoms with van der Waals surface area (Å²) in [4.78, 5) is 13.4. The van der Waals surface area contributed by atoms with Gasteiger partial charge in [-0.25, -0.2) is 0 Å². The third-order valence-corrected chi connectivity index (χ3v) is 4.07. The molecule has 2 rings (SSSR count). The van der Waals surface area contributed by atoms with Gasteiger partial charge in [-0.1, -0.05) is 15.9 Å². The minimum Gasteiger partial charge on any atom is -0.495 e. The third kappa shape index (κ3) is 3.07. The molecule has 0 bridgehead atoms. The SMILES string of the molecule is COc1ccc(Br)cc1NC(=O)c1cc(S)cs1. The molecule has 1 aromatic heterocycles. The Hall–Kier alpha value is -0.980. The van der Waals surface area contributed by atoms with E-state index in [-0.39, 0.29) is 5.91 Å². The first-order chi connectivity index (χ1) is 8.60. The van der Waals surface area contributed by atoms with Crippen molar-refractivity contribution in [3.8, 4) is 5.75 Å². The Bertz CT molecular complexity index is 583. The number of methoxy groups -OCH3 is 1. The van der Waals surface area contributed by atoms with Crippen molar-refractivity contribution < 1.29 is 9.53 Å². The second-order valence-electron chi connectivity index (χ2n) is 3.47. The molecule has 0 atom stereocenters. The predicted molar refractivity (Wildman–Crippen MR) is 80.2 cm³/mol. The maximum absolute atomic E-state index is 12.0. The number of benzene rings is 1. The average Bonchev–Trinajstić information content (AvgIpc) is 2.76. The van der Waals surface area contributed by atoms with Crippen LogP contribution in [0.1, 0.15) is 9.67 Å². The molecule has 94 valence electrons. The van der Waals surface area contributed by atoms with Gasteiger partial charge in [-0.3, -0.25) is 4.79 Å². The normalized spacial score (nSPS) is 10.2. The number of thiol groups is 1. The van der Waals surface area contributed by atoms with Crippen LogP contribution in [0, 0.1) is 0 Å². The number of ether oxygens (including phenoxy) is 1. The molecule has 18 heavy (non-hydrogen) atoms. The summed E-state index contributed by atoms with van der Waals surface area (Å²) in [5.41, 5.74) is 0.631. The monoisotopic (exact) mass is 343 g/mol. The van der Waals surface area contributed by atoms with Crippen LogP contribution in [0.3, 0.4) is 0 Å². The van der Waals surface area contributed by atoms with Crippen molar-refractivity contribution >= 4 is 51.5 Å². The molecular weight excluding hydrogens is 334 g/mol. The molecule has 1 aromatic carbocycles. The van der Waals surface area contributed by atoms with Crippen molar-refractivity contribution in [3.05, 3.63) is 39.0 Å². The molecule has 0 radical (unpaired) electrons. The number of halogens is 1. The summed E-state index contributed by atoms with van der Waals surface area (Å²) in [6.45, 7) is 0. The third-order valence-electron chi connectivity index (χ3n) is 2.22. The summed E-state index contributed by atoms with van der Waals surface area (Å²) in [5, 5.41) is 4.63. The Balaban J connectivity index is 2.23. The number of hydrogen-bond acceptors (Lipinski definition) is 4. The van der Waals surface area contributed by atoms with Gasteiger partial charge in [0, 0.05) is 14.7 Å². The van der Waals surface area contributed by atoms with Crippen LogP contribution in [0.5, 0.6) is 5.75 Å². The van der Waals surface area contributed by atoms with Gasteiger partial charge in [0.2, 0.25) is 0 Å². The summed E-state index contributed by atoms with van der Waals surface area (Å²) >= 11 is 8.89. The standard InChI is InChI=1S/C12H10BrNO2S2/c1-16-10-3-2-7(13)4-9(10)14-12(15)11-5-8(17)6-18-11/h2-6,17H,1H3,(H,14,15). The molecule has 3 nitrogen and oxygen atoms in total. The summed E-state index contributed by atoms with van der Waals surface area (Å²) in [6.07, 6.45) is 0. The van der Waals surface area contributed by atoms with Crippen molar-refractivity contribution in [2.75, 3.05) is 12.4 Å². The molecule has 0 spiro atoms. The summed E-state index contributed by atoms with van der Waals surface area (Å²) in [7, 11) is 1.57. The zero-order chi connectivity index (χ0) is 13.1. The van der Waals surface area contributed by atoms with E-state index in [0.29, 0.717) is 16.3 Å². The number of carbonyl (C=O) groups is 1.